The number of benzene rings is 1. The number of pyridine rings is 1. The van der Waals surface area contributed by atoms with Crippen LogP contribution in [-0.4, -0.2) is 8.07 Å². The van der Waals surface area contributed by atoms with Gasteiger partial charge in [-0.05, 0) is 36.1 Å². The summed E-state index contributed by atoms with van der Waals surface area (Å²) in [5.74, 6) is 0.288. The van der Waals surface area contributed by atoms with Gasteiger partial charge in [0.25, 0.3) is 0 Å². The second-order valence-electron chi connectivity index (χ2n) is 7.50. The van der Waals surface area contributed by atoms with Crippen molar-refractivity contribution in [3.05, 3.63) is 47.4 Å². The Balaban J connectivity index is 2.74. The maximum absolute atomic E-state index is 13.7. The van der Waals surface area contributed by atoms with Gasteiger partial charge in [0.1, 0.15) is 12.9 Å². The van der Waals surface area contributed by atoms with Crippen LogP contribution in [0.15, 0.2) is 30.5 Å². The molecule has 0 atom stereocenters. The van der Waals surface area contributed by atoms with Gasteiger partial charge in [0.15, 0.2) is 6.20 Å². The van der Waals surface area contributed by atoms with Gasteiger partial charge in [-0.1, -0.05) is 39.6 Å². The van der Waals surface area contributed by atoms with E-state index in [1.807, 2.05) is 13.0 Å². The number of aryl methyl sites for hydroxylation is 2. The summed E-state index contributed by atoms with van der Waals surface area (Å²) in [4.78, 5) is 0. The molecule has 1 aromatic carbocycles. The Morgan fingerprint density at radius 3 is 2.27 bits per heavy atom. The molecule has 1 aromatic heterocycles. The summed E-state index contributed by atoms with van der Waals surface area (Å²) in [6, 6.07) is 7.29. The molecule has 0 spiro atoms. The van der Waals surface area contributed by atoms with E-state index in [2.05, 4.69) is 57.4 Å². The number of hydrogen-bond acceptors (Lipinski definition) is 0. The molecular formula is C19H27FNSi+. The molecule has 0 bridgehead atoms. The lowest BCUT2D eigenvalue weighted by Gasteiger charge is -2.22. The molecule has 0 aliphatic carbocycles. The Kier molecular flexibility index (Phi) is 4.57. The SMILES string of the molecule is Cc1ccc(F)cc1-c1cc(C(C)C)c([Si](C)(C)C)c[n+]1C. The molecule has 118 valence electrons. The van der Waals surface area contributed by atoms with Crippen LogP contribution in [0.5, 0.6) is 0 Å². The van der Waals surface area contributed by atoms with Crippen molar-refractivity contribution in [2.45, 2.75) is 46.3 Å². The van der Waals surface area contributed by atoms with Crippen molar-refractivity contribution in [1.82, 2.24) is 0 Å². The Hall–Kier alpha value is -1.48. The molecule has 0 fully saturated rings. The summed E-state index contributed by atoms with van der Waals surface area (Å²) >= 11 is 0. The average Bonchev–Trinajstić information content (AvgIpc) is 2.40. The van der Waals surface area contributed by atoms with E-state index < -0.39 is 8.07 Å². The summed E-state index contributed by atoms with van der Waals surface area (Å²) in [6.45, 7) is 13.6. The lowest BCUT2D eigenvalue weighted by molar-refractivity contribution is -0.659. The van der Waals surface area contributed by atoms with E-state index in [1.54, 1.807) is 6.07 Å². The third-order valence-corrected chi connectivity index (χ3v) is 6.25. The summed E-state index contributed by atoms with van der Waals surface area (Å²) in [5, 5.41) is 1.49. The van der Waals surface area contributed by atoms with Gasteiger partial charge in [-0.25, -0.2) is 8.96 Å². The molecule has 1 nitrogen and oxygen atoms in total. The molecule has 0 radical (unpaired) electrons. The van der Waals surface area contributed by atoms with E-state index in [-0.39, 0.29) is 5.82 Å². The van der Waals surface area contributed by atoms with Gasteiger partial charge < -0.3 is 0 Å². The molecule has 0 aliphatic heterocycles. The molecule has 0 unspecified atom stereocenters. The van der Waals surface area contributed by atoms with Crippen LogP contribution in [0.2, 0.25) is 19.6 Å². The zero-order valence-corrected chi connectivity index (χ0v) is 15.8. The van der Waals surface area contributed by atoms with Crippen LogP contribution >= 0.6 is 0 Å². The number of rotatable bonds is 3. The van der Waals surface area contributed by atoms with Gasteiger partial charge in [0.05, 0.1) is 13.6 Å². The second kappa shape index (κ2) is 5.96. The van der Waals surface area contributed by atoms with Crippen LogP contribution in [0.1, 0.15) is 30.9 Å². The highest BCUT2D eigenvalue weighted by molar-refractivity contribution is 6.89. The molecule has 0 amide bonds. The molecule has 2 aromatic rings. The summed E-state index contributed by atoms with van der Waals surface area (Å²) in [6.07, 6.45) is 2.27. The van der Waals surface area contributed by atoms with Crippen LogP contribution < -0.4 is 9.75 Å². The maximum atomic E-state index is 13.7. The van der Waals surface area contributed by atoms with Crippen molar-refractivity contribution in [1.29, 1.82) is 0 Å². The van der Waals surface area contributed by atoms with E-state index in [1.165, 1.54) is 16.8 Å². The highest BCUT2D eigenvalue weighted by Gasteiger charge is 2.27. The summed E-state index contributed by atoms with van der Waals surface area (Å²) in [7, 11) is 0.648. The van der Waals surface area contributed by atoms with E-state index in [0.717, 1.165) is 16.8 Å². The van der Waals surface area contributed by atoms with Crippen molar-refractivity contribution < 1.29 is 8.96 Å². The van der Waals surface area contributed by atoms with Gasteiger partial charge >= 0.3 is 0 Å². The highest BCUT2D eigenvalue weighted by atomic mass is 28.3. The van der Waals surface area contributed by atoms with Gasteiger partial charge in [0.2, 0.25) is 5.69 Å². The minimum Gasteiger partial charge on any atom is -0.207 e. The Labute approximate surface area is 134 Å². The van der Waals surface area contributed by atoms with Crippen molar-refractivity contribution in [3.63, 3.8) is 0 Å². The fourth-order valence-electron chi connectivity index (χ4n) is 2.91. The van der Waals surface area contributed by atoms with Gasteiger partial charge in [-0.3, -0.25) is 0 Å². The monoisotopic (exact) mass is 316 g/mol. The number of halogens is 1. The summed E-state index contributed by atoms with van der Waals surface area (Å²) in [5.41, 5.74) is 4.57. The smallest absolute Gasteiger partial charge is 0.207 e. The van der Waals surface area contributed by atoms with Crippen molar-refractivity contribution in [3.8, 4) is 11.3 Å². The lowest BCUT2D eigenvalue weighted by Crippen LogP contribution is -2.47. The zero-order valence-electron chi connectivity index (χ0n) is 14.8. The highest BCUT2D eigenvalue weighted by Crippen LogP contribution is 2.25. The first-order chi connectivity index (χ1) is 10.1. The first-order valence-electron chi connectivity index (χ1n) is 7.92. The van der Waals surface area contributed by atoms with E-state index in [0.29, 0.717) is 5.92 Å². The van der Waals surface area contributed by atoms with Gasteiger partial charge in [-0.15, -0.1) is 0 Å². The average molecular weight is 317 g/mol. The second-order valence-corrected chi connectivity index (χ2v) is 12.5. The first-order valence-corrected chi connectivity index (χ1v) is 11.4. The van der Waals surface area contributed by atoms with E-state index >= 15 is 0 Å². The number of hydrogen-bond donors (Lipinski definition) is 0. The predicted octanol–water partition coefficient (Wildman–Crippen LogP) is 4.29. The van der Waals surface area contributed by atoms with Crippen LogP contribution in [0, 0.1) is 12.7 Å². The normalized spacial score (nSPS) is 12.0. The predicted molar refractivity (Wildman–Crippen MR) is 94.8 cm³/mol. The Morgan fingerprint density at radius 1 is 1.09 bits per heavy atom. The zero-order chi connectivity index (χ0) is 16.7. The third kappa shape index (κ3) is 3.30. The number of nitrogens with zero attached hydrogens (tertiary/aromatic N) is 1. The maximum Gasteiger partial charge on any atom is 0.212 e. The fourth-order valence-corrected chi connectivity index (χ4v) is 4.71. The Morgan fingerprint density at radius 2 is 1.73 bits per heavy atom. The fraction of sp³-hybridized carbons (Fsp3) is 0.421. The molecule has 1 heterocycles. The molecule has 0 saturated carbocycles. The van der Waals surface area contributed by atoms with Crippen molar-refractivity contribution in [2.24, 2.45) is 7.05 Å². The Bertz CT molecular complexity index is 699. The molecule has 3 heteroatoms. The van der Waals surface area contributed by atoms with Gasteiger partial charge in [-0.2, -0.15) is 0 Å². The van der Waals surface area contributed by atoms with Crippen LogP contribution in [0.3, 0.4) is 0 Å². The standard InChI is InChI=1S/C19H27FNSi/c1-13(2)16-11-18(17-10-15(20)9-8-14(17)3)21(4)12-19(16)22(5,6)7/h8-13H,1-7H3/q+1. The van der Waals surface area contributed by atoms with Crippen LogP contribution in [0.25, 0.3) is 11.3 Å². The van der Waals surface area contributed by atoms with Crippen molar-refractivity contribution in [2.75, 3.05) is 0 Å². The molecule has 0 aliphatic rings. The van der Waals surface area contributed by atoms with Crippen molar-refractivity contribution >= 4 is 13.3 Å². The van der Waals surface area contributed by atoms with Gasteiger partial charge in [0, 0.05) is 11.3 Å². The topological polar surface area (TPSA) is 3.88 Å². The minimum absolute atomic E-state index is 0.180. The third-order valence-electron chi connectivity index (χ3n) is 4.21. The quantitative estimate of drug-likeness (QED) is 0.587. The molecule has 0 saturated heterocycles. The molecule has 2 rings (SSSR count). The molecule has 0 N–H and O–H groups in total. The van der Waals surface area contributed by atoms with E-state index in [4.69, 9.17) is 0 Å². The largest absolute Gasteiger partial charge is 0.212 e. The first kappa shape index (κ1) is 16.9. The number of aromatic nitrogens is 1. The van der Waals surface area contributed by atoms with Crippen LogP contribution in [0.4, 0.5) is 4.39 Å². The molecular weight excluding hydrogens is 289 g/mol. The van der Waals surface area contributed by atoms with E-state index in [9.17, 15) is 4.39 Å². The minimum atomic E-state index is -1.42. The molecule has 22 heavy (non-hydrogen) atoms. The summed E-state index contributed by atoms with van der Waals surface area (Å²) < 4.78 is 15.8. The van der Waals surface area contributed by atoms with Crippen LogP contribution in [-0.2, 0) is 7.05 Å². The lowest BCUT2D eigenvalue weighted by atomic mass is 9.99.